The van der Waals surface area contributed by atoms with Gasteiger partial charge in [-0.15, -0.1) is 6.42 Å². The average Bonchev–Trinajstić information content (AvgIpc) is 3.12. The van der Waals surface area contributed by atoms with Gasteiger partial charge < -0.3 is 0 Å². The molecule has 4 saturated carbocycles. The van der Waals surface area contributed by atoms with Gasteiger partial charge in [0.1, 0.15) is 0 Å². The van der Waals surface area contributed by atoms with E-state index in [1.807, 2.05) is 0 Å². The number of carbonyl (C=O) groups is 3. The lowest BCUT2D eigenvalue weighted by molar-refractivity contribution is -0.109. The van der Waals surface area contributed by atoms with Crippen LogP contribution in [0.4, 0.5) is 0 Å². The van der Waals surface area contributed by atoms with E-state index in [9.17, 15) is 14.4 Å². The van der Waals surface area contributed by atoms with Crippen LogP contribution >= 0.6 is 35.3 Å². The van der Waals surface area contributed by atoms with Crippen LogP contribution < -0.4 is 0 Å². The molecule has 0 N–H and O–H groups in total. The molecule has 4 aliphatic rings. The molecule has 6 heteroatoms. The maximum absolute atomic E-state index is 11.8. The molecule has 4 bridgehead atoms. The molecule has 0 atom stereocenters. The lowest BCUT2D eigenvalue weighted by Crippen LogP contribution is -2.67. The molecule has 0 heterocycles. The molecule has 260 valence electrons. The number of carbonyl (C=O) groups excluding carboxylic acids is 3. The van der Waals surface area contributed by atoms with Gasteiger partial charge in [-0.3, -0.25) is 14.4 Å². The maximum Gasteiger partial charge on any atom is 0.186 e. The summed E-state index contributed by atoms with van der Waals surface area (Å²) in [5.41, 5.74) is 9.67. The maximum atomic E-state index is 11.8. The summed E-state index contributed by atoms with van der Waals surface area (Å²) in [7, 11) is 0. The van der Waals surface area contributed by atoms with Gasteiger partial charge in [-0.25, -0.2) is 0 Å². The minimum absolute atomic E-state index is 0.0713. The Hall–Kier alpha value is -3.50. The van der Waals surface area contributed by atoms with Crippen molar-refractivity contribution in [2.24, 2.45) is 0 Å². The summed E-state index contributed by atoms with van der Waals surface area (Å²) in [5, 5.41) is 0.413. The quantitative estimate of drug-likeness (QED) is 0.152. The minimum atomic E-state index is -0.0721. The van der Waals surface area contributed by atoms with E-state index >= 15 is 0 Å². The first-order chi connectivity index (χ1) is 24.5. The fourth-order valence-corrected chi connectivity index (χ4v) is 11.9. The molecule has 0 radical (unpaired) electrons. The topological polar surface area (TPSA) is 51.2 Å². The van der Waals surface area contributed by atoms with E-state index in [4.69, 9.17) is 6.42 Å². The van der Waals surface area contributed by atoms with E-state index in [1.54, 1.807) is 20.8 Å². The van der Waals surface area contributed by atoms with E-state index in [0.717, 1.165) is 44.1 Å². The summed E-state index contributed by atoms with van der Waals surface area (Å²) < 4.78 is 0. The van der Waals surface area contributed by atoms with Gasteiger partial charge in [0.2, 0.25) is 0 Å². The zero-order chi connectivity index (χ0) is 35.9. The highest BCUT2D eigenvalue weighted by molar-refractivity contribution is 8.13. The van der Waals surface area contributed by atoms with Crippen LogP contribution in [0.15, 0.2) is 97.1 Å². The molecule has 4 aliphatic carbocycles. The number of rotatable bonds is 10. The van der Waals surface area contributed by atoms with Crippen molar-refractivity contribution in [3.63, 3.8) is 0 Å². The first-order valence-corrected chi connectivity index (χ1v) is 20.7. The molecule has 4 aromatic rings. The molecule has 0 aliphatic heterocycles. The lowest BCUT2D eigenvalue weighted by Gasteiger charge is -2.71. The molecule has 0 unspecified atom stereocenters. The first-order valence-electron chi connectivity index (χ1n) is 17.7. The van der Waals surface area contributed by atoms with Crippen molar-refractivity contribution < 1.29 is 14.4 Å². The molecule has 51 heavy (non-hydrogen) atoms. The first kappa shape index (κ1) is 35.9. The second-order valence-electron chi connectivity index (χ2n) is 15.3. The van der Waals surface area contributed by atoms with Crippen molar-refractivity contribution in [2.45, 2.75) is 98.2 Å². The van der Waals surface area contributed by atoms with Gasteiger partial charge in [-0.05, 0) is 111 Å². The zero-order valence-corrected chi connectivity index (χ0v) is 32.1. The van der Waals surface area contributed by atoms with Gasteiger partial charge >= 0.3 is 0 Å². The zero-order valence-electron chi connectivity index (χ0n) is 29.6. The predicted molar refractivity (Wildman–Crippen MR) is 214 cm³/mol. The van der Waals surface area contributed by atoms with Crippen molar-refractivity contribution >= 4 is 50.6 Å². The Morgan fingerprint density at radius 1 is 0.471 bits per heavy atom. The van der Waals surface area contributed by atoms with Gasteiger partial charge in [0.25, 0.3) is 0 Å². The second kappa shape index (κ2) is 14.1. The van der Waals surface area contributed by atoms with Crippen molar-refractivity contribution in [3.05, 3.63) is 142 Å². The van der Waals surface area contributed by atoms with Gasteiger partial charge in [0, 0.05) is 43.6 Å². The summed E-state index contributed by atoms with van der Waals surface area (Å²) in [6, 6.07) is 36.3. The molecule has 0 aromatic heterocycles. The van der Waals surface area contributed by atoms with Crippen molar-refractivity contribution in [3.8, 4) is 12.3 Å². The third-order valence-corrected chi connectivity index (χ3v) is 14.4. The lowest BCUT2D eigenvalue weighted by atomic mass is 9.32. The number of terminal acetylenes is 1. The predicted octanol–water partition coefficient (Wildman–Crippen LogP) is 10.4. The van der Waals surface area contributed by atoms with Crippen LogP contribution in [0, 0.1) is 12.3 Å². The highest BCUT2D eigenvalue weighted by atomic mass is 32.2. The number of hydrogen-bond acceptors (Lipinski definition) is 6. The molecule has 3 nitrogen and oxygen atoms in total. The SMILES string of the molecule is C#Cc1ccc(C23CC4(c5ccc(CSC(C)=O)cc5)CC(c5ccc(CSC(C)=O)cc5)(C2)CC(c2ccc(CSC(C)=O)cc2)(C3)C4)cc1. The number of hydrogen-bond donors (Lipinski definition) is 0. The summed E-state index contributed by atoms with van der Waals surface area (Å²) in [6.07, 6.45) is 12.3. The molecule has 0 spiro atoms. The highest BCUT2D eigenvalue weighted by Crippen LogP contribution is 2.74. The van der Waals surface area contributed by atoms with Crippen LogP contribution in [0.25, 0.3) is 0 Å². The van der Waals surface area contributed by atoms with Crippen molar-refractivity contribution in [1.82, 2.24) is 0 Å². The summed E-state index contributed by atoms with van der Waals surface area (Å²) >= 11 is 4.08. The standard InChI is InChI=1S/C45H44O3S3/c1-5-34-6-14-38(15-7-34)42-25-43(39-16-8-35(9-17-39)22-49-31(2)46)28-44(26-42,40-18-10-36(11-19-40)23-50-32(3)47)30-45(27-42,29-43)41-20-12-37(13-21-41)24-51-33(4)48/h1,6-21H,22-30H2,2-4H3. The van der Waals surface area contributed by atoms with Gasteiger partial charge in [0.05, 0.1) is 0 Å². The Balaban J connectivity index is 1.38. The third-order valence-electron chi connectivity index (χ3n) is 11.7. The molecule has 8 rings (SSSR count). The fourth-order valence-electron chi connectivity index (χ4n) is 10.2. The number of benzene rings is 4. The van der Waals surface area contributed by atoms with E-state index < -0.39 is 0 Å². The molecule has 0 saturated heterocycles. The Kier molecular flexibility index (Phi) is 9.95. The van der Waals surface area contributed by atoms with Gasteiger partial charge in [-0.2, -0.15) is 0 Å². The van der Waals surface area contributed by atoms with Crippen molar-refractivity contribution in [2.75, 3.05) is 0 Å². The Morgan fingerprint density at radius 3 is 0.922 bits per heavy atom. The summed E-state index contributed by atoms with van der Waals surface area (Å²) in [5.74, 6) is 4.88. The third kappa shape index (κ3) is 7.15. The van der Waals surface area contributed by atoms with E-state index in [0.29, 0.717) is 17.3 Å². The van der Waals surface area contributed by atoms with Crippen LogP contribution in [0.5, 0.6) is 0 Å². The minimum Gasteiger partial charge on any atom is -0.288 e. The van der Waals surface area contributed by atoms with Crippen LogP contribution in [-0.2, 0) is 53.3 Å². The smallest absolute Gasteiger partial charge is 0.186 e. The van der Waals surface area contributed by atoms with Gasteiger partial charge in [0.15, 0.2) is 15.3 Å². The fraction of sp³-hybridized carbons (Fsp3) is 0.356. The normalized spacial score (nSPS) is 26.1. The van der Waals surface area contributed by atoms with Crippen LogP contribution in [0.1, 0.15) is 104 Å². The monoisotopic (exact) mass is 728 g/mol. The Labute approximate surface area is 315 Å². The largest absolute Gasteiger partial charge is 0.288 e. The molecular weight excluding hydrogens is 685 g/mol. The summed E-state index contributed by atoms with van der Waals surface area (Å²) in [4.78, 5) is 35.3. The molecule has 4 fully saturated rings. The average molecular weight is 729 g/mol. The van der Waals surface area contributed by atoms with E-state index in [2.05, 4.69) is 103 Å². The van der Waals surface area contributed by atoms with Gasteiger partial charge in [-0.1, -0.05) is 126 Å². The highest BCUT2D eigenvalue weighted by Gasteiger charge is 2.69. The van der Waals surface area contributed by atoms with Crippen molar-refractivity contribution in [1.29, 1.82) is 0 Å². The van der Waals surface area contributed by atoms with E-state index in [-0.39, 0.29) is 37.0 Å². The van der Waals surface area contributed by atoms with E-state index in [1.165, 1.54) is 74.2 Å². The molecular formula is C45H44O3S3. The van der Waals surface area contributed by atoms with Crippen LogP contribution in [-0.4, -0.2) is 15.3 Å². The molecule has 4 aromatic carbocycles. The Bertz CT molecular complexity index is 1790. The molecule has 0 amide bonds. The number of thioether (sulfide) groups is 3. The van der Waals surface area contributed by atoms with Crippen LogP contribution in [0.3, 0.4) is 0 Å². The Morgan fingerprint density at radius 2 is 0.706 bits per heavy atom. The van der Waals surface area contributed by atoms with Crippen LogP contribution in [0.2, 0.25) is 0 Å². The summed E-state index contributed by atoms with van der Waals surface area (Å²) in [6.45, 7) is 4.89. The second-order valence-corrected chi connectivity index (χ2v) is 18.8.